The number of amides is 1. The molecule has 1 heterocycles. The Kier molecular flexibility index (Phi) is 4.69. The van der Waals surface area contributed by atoms with E-state index >= 15 is 0 Å². The number of halogens is 1. The van der Waals surface area contributed by atoms with Crippen molar-refractivity contribution in [2.45, 2.75) is 13.0 Å². The molecule has 6 heteroatoms. The number of nitrogens with one attached hydrogen (secondary N) is 1. The lowest BCUT2D eigenvalue weighted by Gasteiger charge is -2.14. The van der Waals surface area contributed by atoms with Crippen LogP contribution in [0.15, 0.2) is 41.3 Å². The highest BCUT2D eigenvalue weighted by Gasteiger charge is 2.16. The average Bonchev–Trinajstić information content (AvgIpc) is 2.53. The second-order valence-electron chi connectivity index (χ2n) is 4.61. The maximum atomic E-state index is 13.0. The van der Waals surface area contributed by atoms with Gasteiger partial charge in [0.25, 0.3) is 11.5 Å². The van der Waals surface area contributed by atoms with Gasteiger partial charge in [-0.1, -0.05) is 18.1 Å². The number of carbonyl (C=O) groups is 1. The SMILES string of the molecule is C#CCNC(=O)c1ccnn([C@@H](C)c2ccc(F)cc2)c1=O. The van der Waals surface area contributed by atoms with Crippen molar-refractivity contribution in [2.75, 3.05) is 6.54 Å². The molecule has 0 aliphatic rings. The smallest absolute Gasteiger partial charge is 0.280 e. The van der Waals surface area contributed by atoms with Gasteiger partial charge in [0.2, 0.25) is 0 Å². The number of rotatable bonds is 4. The summed E-state index contributed by atoms with van der Waals surface area (Å²) in [5, 5.41) is 6.43. The third-order valence-electron chi connectivity index (χ3n) is 3.19. The van der Waals surface area contributed by atoms with Gasteiger partial charge in [0.15, 0.2) is 0 Å². The van der Waals surface area contributed by atoms with Crippen molar-refractivity contribution >= 4 is 5.91 Å². The van der Waals surface area contributed by atoms with E-state index in [0.717, 1.165) is 0 Å². The van der Waals surface area contributed by atoms with E-state index < -0.39 is 17.5 Å². The topological polar surface area (TPSA) is 64.0 Å². The third kappa shape index (κ3) is 3.20. The quantitative estimate of drug-likeness (QED) is 0.867. The summed E-state index contributed by atoms with van der Waals surface area (Å²) in [6, 6.07) is 6.65. The molecule has 0 saturated heterocycles. The van der Waals surface area contributed by atoms with Gasteiger partial charge < -0.3 is 5.32 Å². The van der Waals surface area contributed by atoms with E-state index in [-0.39, 0.29) is 17.9 Å². The Hall–Kier alpha value is -2.94. The van der Waals surface area contributed by atoms with Crippen molar-refractivity contribution in [3.8, 4) is 12.3 Å². The standard InChI is InChI=1S/C16H14FN3O2/c1-3-9-18-15(21)14-8-10-19-20(16(14)22)11(2)12-4-6-13(17)7-5-12/h1,4-8,10-11H,9H2,2H3,(H,18,21)/t11-/m0/s1. The Morgan fingerprint density at radius 2 is 2.09 bits per heavy atom. The van der Waals surface area contributed by atoms with Crippen molar-refractivity contribution < 1.29 is 9.18 Å². The summed E-state index contributed by atoms with van der Waals surface area (Å²) in [5.74, 6) is 1.35. The zero-order valence-electron chi connectivity index (χ0n) is 11.9. The summed E-state index contributed by atoms with van der Waals surface area (Å²) >= 11 is 0. The van der Waals surface area contributed by atoms with Crippen LogP contribution in [-0.4, -0.2) is 22.2 Å². The van der Waals surface area contributed by atoms with Gasteiger partial charge in [-0.2, -0.15) is 5.10 Å². The Balaban J connectivity index is 2.36. The summed E-state index contributed by atoms with van der Waals surface area (Å²) in [4.78, 5) is 24.3. The molecule has 1 N–H and O–H groups in total. The van der Waals surface area contributed by atoms with Gasteiger partial charge in [0.05, 0.1) is 12.6 Å². The molecule has 0 unspecified atom stereocenters. The predicted octanol–water partition coefficient (Wildman–Crippen LogP) is 1.35. The van der Waals surface area contributed by atoms with Gasteiger partial charge in [0, 0.05) is 6.20 Å². The van der Waals surface area contributed by atoms with Gasteiger partial charge in [-0.05, 0) is 30.7 Å². The van der Waals surface area contributed by atoms with E-state index in [1.54, 1.807) is 19.1 Å². The van der Waals surface area contributed by atoms with E-state index in [2.05, 4.69) is 16.3 Å². The molecule has 0 aliphatic carbocycles. The van der Waals surface area contributed by atoms with Crippen LogP contribution in [0.2, 0.25) is 0 Å². The summed E-state index contributed by atoms with van der Waals surface area (Å²) in [6.45, 7) is 1.78. The number of hydrogen-bond donors (Lipinski definition) is 1. The number of hydrogen-bond acceptors (Lipinski definition) is 3. The molecule has 0 spiro atoms. The fourth-order valence-corrected chi connectivity index (χ4v) is 1.98. The lowest BCUT2D eigenvalue weighted by atomic mass is 10.1. The molecule has 0 radical (unpaired) electrons. The minimum absolute atomic E-state index is 0.0358. The van der Waals surface area contributed by atoms with Gasteiger partial charge >= 0.3 is 0 Å². The number of nitrogens with zero attached hydrogens (tertiary/aromatic N) is 2. The second-order valence-corrected chi connectivity index (χ2v) is 4.61. The first-order valence-corrected chi connectivity index (χ1v) is 6.59. The number of benzene rings is 1. The minimum Gasteiger partial charge on any atom is -0.341 e. The Morgan fingerprint density at radius 1 is 1.41 bits per heavy atom. The first-order chi connectivity index (χ1) is 10.5. The van der Waals surface area contributed by atoms with Crippen molar-refractivity contribution in [3.63, 3.8) is 0 Å². The van der Waals surface area contributed by atoms with Gasteiger partial charge in [-0.25, -0.2) is 9.07 Å². The maximum Gasteiger partial charge on any atom is 0.280 e. The van der Waals surface area contributed by atoms with Crippen molar-refractivity contribution in [1.82, 2.24) is 15.1 Å². The average molecular weight is 299 g/mol. The lowest BCUT2D eigenvalue weighted by molar-refractivity contribution is 0.0956. The molecule has 5 nitrogen and oxygen atoms in total. The predicted molar refractivity (Wildman–Crippen MR) is 79.9 cm³/mol. The lowest BCUT2D eigenvalue weighted by Crippen LogP contribution is -2.35. The monoisotopic (exact) mass is 299 g/mol. The van der Waals surface area contributed by atoms with Crippen molar-refractivity contribution in [3.05, 3.63) is 63.8 Å². The van der Waals surface area contributed by atoms with Gasteiger partial charge in [0.1, 0.15) is 11.4 Å². The van der Waals surface area contributed by atoms with Crippen LogP contribution < -0.4 is 10.9 Å². The first-order valence-electron chi connectivity index (χ1n) is 6.59. The van der Waals surface area contributed by atoms with Crippen LogP contribution in [-0.2, 0) is 0 Å². The number of terminal acetylenes is 1. The molecule has 0 aliphatic heterocycles. The van der Waals surface area contributed by atoms with Crippen LogP contribution in [0.3, 0.4) is 0 Å². The van der Waals surface area contributed by atoms with E-state index in [4.69, 9.17) is 6.42 Å². The van der Waals surface area contributed by atoms with E-state index in [1.165, 1.54) is 29.1 Å². The maximum absolute atomic E-state index is 13.0. The highest BCUT2D eigenvalue weighted by Crippen LogP contribution is 2.15. The van der Waals surface area contributed by atoms with Crippen LogP contribution in [0.1, 0.15) is 28.9 Å². The Labute approximate surface area is 126 Å². The molecule has 2 aromatic rings. The summed E-state index contributed by atoms with van der Waals surface area (Å²) in [7, 11) is 0. The molecule has 0 saturated carbocycles. The molecule has 1 aromatic carbocycles. The number of carbonyl (C=O) groups excluding carboxylic acids is 1. The van der Waals surface area contributed by atoms with Crippen LogP contribution in [0.4, 0.5) is 4.39 Å². The zero-order chi connectivity index (χ0) is 16.1. The van der Waals surface area contributed by atoms with Crippen LogP contribution in [0.5, 0.6) is 0 Å². The van der Waals surface area contributed by atoms with E-state index in [9.17, 15) is 14.0 Å². The highest BCUT2D eigenvalue weighted by molar-refractivity contribution is 5.93. The van der Waals surface area contributed by atoms with Crippen LogP contribution >= 0.6 is 0 Å². The summed E-state index contributed by atoms with van der Waals surface area (Å²) in [5.41, 5.74) is 0.130. The molecule has 112 valence electrons. The largest absolute Gasteiger partial charge is 0.341 e. The van der Waals surface area contributed by atoms with Gasteiger partial charge in [-0.15, -0.1) is 6.42 Å². The van der Waals surface area contributed by atoms with Crippen LogP contribution in [0.25, 0.3) is 0 Å². The third-order valence-corrected chi connectivity index (χ3v) is 3.19. The zero-order valence-corrected chi connectivity index (χ0v) is 11.9. The van der Waals surface area contributed by atoms with Crippen molar-refractivity contribution in [1.29, 1.82) is 0 Å². The molecule has 1 atom stereocenters. The molecule has 0 bridgehead atoms. The fourth-order valence-electron chi connectivity index (χ4n) is 1.98. The molecular weight excluding hydrogens is 285 g/mol. The van der Waals surface area contributed by atoms with E-state index in [1.807, 2.05) is 0 Å². The molecule has 1 aromatic heterocycles. The highest BCUT2D eigenvalue weighted by atomic mass is 19.1. The normalized spacial score (nSPS) is 11.5. The molecule has 2 rings (SSSR count). The fraction of sp³-hybridized carbons (Fsp3) is 0.188. The second kappa shape index (κ2) is 6.68. The first kappa shape index (κ1) is 15.4. The summed E-state index contributed by atoms with van der Waals surface area (Å²) < 4.78 is 14.1. The Morgan fingerprint density at radius 3 is 2.73 bits per heavy atom. The van der Waals surface area contributed by atoms with Crippen molar-refractivity contribution in [2.24, 2.45) is 0 Å². The number of aromatic nitrogens is 2. The summed E-state index contributed by atoms with van der Waals surface area (Å²) in [6.07, 6.45) is 6.44. The van der Waals surface area contributed by atoms with Crippen LogP contribution in [0, 0.1) is 18.2 Å². The molecule has 0 fully saturated rings. The van der Waals surface area contributed by atoms with Gasteiger partial charge in [-0.3, -0.25) is 9.59 Å². The molecule has 22 heavy (non-hydrogen) atoms. The minimum atomic E-state index is -0.551. The molecular formula is C16H14FN3O2. The molecule has 1 amide bonds. The Bertz CT molecular complexity index is 775. The van der Waals surface area contributed by atoms with E-state index in [0.29, 0.717) is 5.56 Å².